The average molecular weight is 284 g/mol. The molecule has 1 unspecified atom stereocenters. The van der Waals surface area contributed by atoms with Crippen LogP contribution in [0, 0.1) is 0 Å². The number of hydrogen-bond donors (Lipinski definition) is 0. The molecule has 0 saturated heterocycles. The Morgan fingerprint density at radius 2 is 2.19 bits per heavy atom. The van der Waals surface area contributed by atoms with Crippen molar-refractivity contribution in [3.8, 4) is 5.75 Å². The molecule has 0 radical (unpaired) electrons. The Morgan fingerprint density at radius 3 is 2.90 bits per heavy atom. The molecule has 0 amide bonds. The molecule has 0 spiro atoms. The minimum Gasteiger partial charge on any atom is -0.482 e. The molecule has 2 heterocycles. The van der Waals surface area contributed by atoms with Crippen LogP contribution >= 0.6 is 0 Å². The van der Waals surface area contributed by atoms with Crippen molar-refractivity contribution in [2.45, 2.75) is 45.8 Å². The summed E-state index contributed by atoms with van der Waals surface area (Å²) in [6.45, 7) is 4.90. The molecule has 0 N–H and O–H groups in total. The Morgan fingerprint density at radius 1 is 1.38 bits per heavy atom. The van der Waals surface area contributed by atoms with E-state index in [0.717, 1.165) is 35.7 Å². The van der Waals surface area contributed by atoms with Crippen LogP contribution in [-0.2, 0) is 30.6 Å². The number of para-hydroxylation sites is 1. The van der Waals surface area contributed by atoms with Gasteiger partial charge in [-0.05, 0) is 31.0 Å². The van der Waals surface area contributed by atoms with Gasteiger partial charge in [-0.15, -0.1) is 0 Å². The number of ether oxygens (including phenoxy) is 1. The van der Waals surface area contributed by atoms with Crippen molar-refractivity contribution in [1.82, 2.24) is 9.78 Å². The zero-order valence-electron chi connectivity index (χ0n) is 12.5. The van der Waals surface area contributed by atoms with E-state index in [1.165, 1.54) is 0 Å². The van der Waals surface area contributed by atoms with Gasteiger partial charge in [0.05, 0.1) is 12.1 Å². The highest BCUT2D eigenvalue weighted by Crippen LogP contribution is 2.29. The molecule has 3 rings (SSSR count). The number of rotatable bonds is 5. The first-order chi connectivity index (χ1) is 10.2. The van der Waals surface area contributed by atoms with E-state index in [2.05, 4.69) is 12.0 Å². The van der Waals surface area contributed by atoms with Crippen molar-refractivity contribution in [1.29, 1.82) is 0 Å². The van der Waals surface area contributed by atoms with Gasteiger partial charge in [-0.1, -0.05) is 25.1 Å². The second kappa shape index (κ2) is 5.72. The van der Waals surface area contributed by atoms with E-state index in [4.69, 9.17) is 4.74 Å². The van der Waals surface area contributed by atoms with Gasteiger partial charge >= 0.3 is 0 Å². The summed E-state index contributed by atoms with van der Waals surface area (Å²) in [5.74, 6) is 0.970. The molecule has 1 aliphatic rings. The average Bonchev–Trinajstić information content (AvgIpc) is 3.10. The van der Waals surface area contributed by atoms with E-state index < -0.39 is 0 Å². The first-order valence-corrected chi connectivity index (χ1v) is 7.54. The summed E-state index contributed by atoms with van der Waals surface area (Å²) in [6.07, 6.45) is 1.60. The summed E-state index contributed by atoms with van der Waals surface area (Å²) >= 11 is 0. The third kappa shape index (κ3) is 2.71. The molecule has 1 aliphatic heterocycles. The molecule has 110 valence electrons. The Kier molecular flexibility index (Phi) is 3.78. The van der Waals surface area contributed by atoms with E-state index in [1.807, 2.05) is 41.9 Å². The molecule has 0 aliphatic carbocycles. The SMILES string of the molecule is CCc1cc(CC(=O)C2Cc3ccccc3O2)n(CC)n1. The summed E-state index contributed by atoms with van der Waals surface area (Å²) in [6, 6.07) is 9.89. The number of aryl methyl sites for hydroxylation is 2. The molecular formula is C17H20N2O2. The van der Waals surface area contributed by atoms with Crippen molar-refractivity contribution < 1.29 is 9.53 Å². The predicted molar refractivity (Wildman–Crippen MR) is 80.6 cm³/mol. The zero-order valence-corrected chi connectivity index (χ0v) is 12.5. The molecule has 0 saturated carbocycles. The lowest BCUT2D eigenvalue weighted by Crippen LogP contribution is -2.27. The van der Waals surface area contributed by atoms with Gasteiger partial charge in [0.15, 0.2) is 11.9 Å². The fraction of sp³-hybridized carbons (Fsp3) is 0.412. The Hall–Kier alpha value is -2.10. The number of ketones is 1. The molecule has 1 atom stereocenters. The summed E-state index contributed by atoms with van der Waals surface area (Å²) < 4.78 is 7.68. The molecule has 1 aromatic carbocycles. The van der Waals surface area contributed by atoms with Gasteiger partial charge < -0.3 is 4.74 Å². The monoisotopic (exact) mass is 284 g/mol. The van der Waals surface area contributed by atoms with Gasteiger partial charge in [-0.3, -0.25) is 9.48 Å². The maximum Gasteiger partial charge on any atom is 0.179 e. The Labute approximate surface area is 124 Å². The predicted octanol–water partition coefficient (Wildman–Crippen LogP) is 2.58. The highest BCUT2D eigenvalue weighted by Gasteiger charge is 2.29. The summed E-state index contributed by atoms with van der Waals surface area (Å²) in [5, 5.41) is 4.49. The summed E-state index contributed by atoms with van der Waals surface area (Å²) in [7, 11) is 0. The van der Waals surface area contributed by atoms with Crippen molar-refractivity contribution in [2.75, 3.05) is 0 Å². The van der Waals surface area contributed by atoms with Crippen LogP contribution in [0.5, 0.6) is 5.75 Å². The largest absolute Gasteiger partial charge is 0.482 e. The second-order valence-electron chi connectivity index (χ2n) is 5.36. The van der Waals surface area contributed by atoms with Gasteiger partial charge in [-0.25, -0.2) is 0 Å². The number of aromatic nitrogens is 2. The molecule has 4 nitrogen and oxygen atoms in total. The number of benzene rings is 1. The first kappa shape index (κ1) is 13.9. The lowest BCUT2D eigenvalue weighted by atomic mass is 10.0. The number of nitrogens with zero attached hydrogens (tertiary/aromatic N) is 2. The minimum atomic E-state index is -0.354. The quantitative estimate of drug-likeness (QED) is 0.847. The Balaban J connectivity index is 1.72. The van der Waals surface area contributed by atoms with Crippen LogP contribution in [0.15, 0.2) is 30.3 Å². The third-order valence-electron chi connectivity index (χ3n) is 3.94. The fourth-order valence-electron chi connectivity index (χ4n) is 2.76. The van der Waals surface area contributed by atoms with E-state index in [1.54, 1.807) is 0 Å². The number of fused-ring (bicyclic) bond motifs is 1. The molecular weight excluding hydrogens is 264 g/mol. The van der Waals surface area contributed by atoms with Crippen LogP contribution in [0.25, 0.3) is 0 Å². The van der Waals surface area contributed by atoms with Gasteiger partial charge in [-0.2, -0.15) is 5.10 Å². The first-order valence-electron chi connectivity index (χ1n) is 7.54. The molecule has 21 heavy (non-hydrogen) atoms. The van der Waals surface area contributed by atoms with E-state index >= 15 is 0 Å². The van der Waals surface area contributed by atoms with Crippen LogP contribution in [0.4, 0.5) is 0 Å². The van der Waals surface area contributed by atoms with Crippen molar-refractivity contribution >= 4 is 5.78 Å². The maximum absolute atomic E-state index is 12.5. The van der Waals surface area contributed by atoms with Crippen LogP contribution < -0.4 is 4.74 Å². The molecule has 0 bridgehead atoms. The molecule has 4 heteroatoms. The topological polar surface area (TPSA) is 44.1 Å². The van der Waals surface area contributed by atoms with Gasteiger partial charge in [0.1, 0.15) is 5.75 Å². The lowest BCUT2D eigenvalue weighted by molar-refractivity contribution is -0.124. The van der Waals surface area contributed by atoms with Crippen molar-refractivity contribution in [2.24, 2.45) is 0 Å². The third-order valence-corrected chi connectivity index (χ3v) is 3.94. The van der Waals surface area contributed by atoms with Gasteiger partial charge in [0.25, 0.3) is 0 Å². The van der Waals surface area contributed by atoms with E-state index in [-0.39, 0.29) is 11.9 Å². The molecule has 2 aromatic rings. The van der Waals surface area contributed by atoms with Crippen LogP contribution in [-0.4, -0.2) is 21.7 Å². The van der Waals surface area contributed by atoms with Gasteiger partial charge in [0.2, 0.25) is 0 Å². The van der Waals surface area contributed by atoms with Gasteiger partial charge in [0, 0.05) is 18.7 Å². The smallest absolute Gasteiger partial charge is 0.179 e. The van der Waals surface area contributed by atoms with Crippen molar-refractivity contribution in [3.63, 3.8) is 0 Å². The minimum absolute atomic E-state index is 0.128. The summed E-state index contributed by atoms with van der Waals surface area (Å²) in [4.78, 5) is 12.5. The van der Waals surface area contributed by atoms with E-state index in [9.17, 15) is 4.79 Å². The van der Waals surface area contributed by atoms with E-state index in [0.29, 0.717) is 12.8 Å². The number of hydrogen-bond acceptors (Lipinski definition) is 3. The number of carbonyl (C=O) groups excluding carboxylic acids is 1. The lowest BCUT2D eigenvalue weighted by Gasteiger charge is -2.10. The normalized spacial score (nSPS) is 16.6. The molecule has 1 aromatic heterocycles. The Bertz CT molecular complexity index is 636. The fourth-order valence-corrected chi connectivity index (χ4v) is 2.76. The standard InChI is InChI=1S/C17H20N2O2/c1-3-13-10-14(19(4-2)18-13)11-15(20)17-9-12-7-5-6-8-16(12)21-17/h5-8,10,17H,3-4,9,11H2,1-2H3. The van der Waals surface area contributed by atoms with Crippen LogP contribution in [0.1, 0.15) is 30.8 Å². The maximum atomic E-state index is 12.5. The molecule has 0 fully saturated rings. The highest BCUT2D eigenvalue weighted by atomic mass is 16.5. The van der Waals surface area contributed by atoms with Crippen LogP contribution in [0.2, 0.25) is 0 Å². The second-order valence-corrected chi connectivity index (χ2v) is 5.36. The zero-order chi connectivity index (χ0) is 14.8. The number of Topliss-reactive ketones (excluding diaryl/α,β-unsaturated/α-hetero) is 1. The summed E-state index contributed by atoms with van der Waals surface area (Å²) in [5.41, 5.74) is 3.14. The van der Waals surface area contributed by atoms with Crippen LogP contribution in [0.3, 0.4) is 0 Å². The van der Waals surface area contributed by atoms with Crippen molar-refractivity contribution in [3.05, 3.63) is 47.3 Å². The number of carbonyl (C=O) groups is 1. The highest BCUT2D eigenvalue weighted by molar-refractivity contribution is 5.86.